The molecule has 1 aromatic heterocycles. The second kappa shape index (κ2) is 4.52. The average molecular weight is 247 g/mol. The van der Waals surface area contributed by atoms with Crippen LogP contribution in [0.5, 0.6) is 11.5 Å². The molecule has 0 aliphatic carbocycles. The van der Waals surface area contributed by atoms with Gasteiger partial charge in [-0.1, -0.05) is 0 Å². The molecule has 94 valence electrons. The van der Waals surface area contributed by atoms with Gasteiger partial charge in [-0.3, -0.25) is 4.79 Å². The lowest BCUT2D eigenvalue weighted by molar-refractivity contribution is -0.145. The van der Waals surface area contributed by atoms with Crippen LogP contribution < -0.4 is 9.47 Å². The standard InChI is InChI=1S/C13H13NO4/c1-8(15)13(16)18-12-7-14(2)11-6-9(17-3)4-5-10(11)12/h4-7H,1-3H3. The van der Waals surface area contributed by atoms with Crippen molar-refractivity contribution in [2.45, 2.75) is 6.92 Å². The van der Waals surface area contributed by atoms with Gasteiger partial charge in [0.05, 0.1) is 12.6 Å². The summed E-state index contributed by atoms with van der Waals surface area (Å²) in [5.74, 6) is -0.401. The third-order valence-corrected chi connectivity index (χ3v) is 2.65. The van der Waals surface area contributed by atoms with E-state index in [-0.39, 0.29) is 0 Å². The number of hydrogen-bond acceptors (Lipinski definition) is 4. The molecule has 0 saturated carbocycles. The van der Waals surface area contributed by atoms with Crippen molar-refractivity contribution < 1.29 is 19.1 Å². The van der Waals surface area contributed by atoms with Crippen molar-refractivity contribution in [1.29, 1.82) is 0 Å². The molecular formula is C13H13NO4. The zero-order chi connectivity index (χ0) is 13.3. The summed E-state index contributed by atoms with van der Waals surface area (Å²) in [6, 6.07) is 5.39. The van der Waals surface area contributed by atoms with Crippen LogP contribution in [0.25, 0.3) is 10.9 Å². The summed E-state index contributed by atoms with van der Waals surface area (Å²) in [5, 5.41) is 0.757. The minimum absolute atomic E-state index is 0.371. The Kier molecular flexibility index (Phi) is 3.06. The molecule has 0 atom stereocenters. The maximum absolute atomic E-state index is 11.3. The lowest BCUT2D eigenvalue weighted by Crippen LogP contribution is -2.16. The predicted octanol–water partition coefficient (Wildman–Crippen LogP) is 1.68. The maximum Gasteiger partial charge on any atom is 0.379 e. The van der Waals surface area contributed by atoms with E-state index in [2.05, 4.69) is 0 Å². The van der Waals surface area contributed by atoms with Crippen molar-refractivity contribution in [2.24, 2.45) is 7.05 Å². The van der Waals surface area contributed by atoms with E-state index in [1.165, 1.54) is 6.92 Å². The number of methoxy groups -OCH3 is 1. The summed E-state index contributed by atoms with van der Waals surface area (Å²) >= 11 is 0. The molecule has 0 spiro atoms. The third-order valence-electron chi connectivity index (χ3n) is 2.65. The number of ether oxygens (including phenoxy) is 2. The smallest absolute Gasteiger partial charge is 0.379 e. The van der Waals surface area contributed by atoms with E-state index in [0.29, 0.717) is 11.5 Å². The number of benzene rings is 1. The van der Waals surface area contributed by atoms with Crippen molar-refractivity contribution >= 4 is 22.7 Å². The van der Waals surface area contributed by atoms with Crippen LogP contribution in [-0.2, 0) is 16.6 Å². The van der Waals surface area contributed by atoms with E-state index in [1.54, 1.807) is 30.0 Å². The number of hydrogen-bond donors (Lipinski definition) is 0. The molecule has 0 amide bonds. The number of esters is 1. The van der Waals surface area contributed by atoms with E-state index < -0.39 is 11.8 Å². The minimum Gasteiger partial charge on any atom is -0.497 e. The third kappa shape index (κ3) is 2.07. The first-order valence-corrected chi connectivity index (χ1v) is 5.38. The highest BCUT2D eigenvalue weighted by molar-refractivity contribution is 6.33. The number of Topliss-reactive ketones (excluding diaryl/α,β-unsaturated/α-hetero) is 1. The lowest BCUT2D eigenvalue weighted by atomic mass is 10.2. The van der Waals surface area contributed by atoms with E-state index in [4.69, 9.17) is 9.47 Å². The van der Waals surface area contributed by atoms with Crippen LogP contribution in [-0.4, -0.2) is 23.4 Å². The number of carbonyl (C=O) groups is 2. The number of carbonyl (C=O) groups excluding carboxylic acids is 2. The molecule has 0 radical (unpaired) electrons. The highest BCUT2D eigenvalue weighted by atomic mass is 16.5. The van der Waals surface area contributed by atoms with Gasteiger partial charge in [0.25, 0.3) is 0 Å². The highest BCUT2D eigenvalue weighted by Crippen LogP contribution is 2.30. The molecule has 1 aromatic carbocycles. The topological polar surface area (TPSA) is 57.5 Å². The first kappa shape index (κ1) is 12.2. The Bertz CT molecular complexity index is 627. The SMILES string of the molecule is COc1ccc2c(OC(=O)C(C)=O)cn(C)c2c1. The van der Waals surface area contributed by atoms with E-state index in [1.807, 2.05) is 13.1 Å². The van der Waals surface area contributed by atoms with Crippen LogP contribution in [0, 0.1) is 0 Å². The Morgan fingerprint density at radius 1 is 1.28 bits per heavy atom. The summed E-state index contributed by atoms with van der Waals surface area (Å²) in [4.78, 5) is 22.2. The van der Waals surface area contributed by atoms with Crippen molar-refractivity contribution in [3.05, 3.63) is 24.4 Å². The molecule has 0 aliphatic heterocycles. The molecule has 5 nitrogen and oxygen atoms in total. The average Bonchev–Trinajstić information content (AvgIpc) is 2.65. The van der Waals surface area contributed by atoms with E-state index in [9.17, 15) is 9.59 Å². The fourth-order valence-corrected chi connectivity index (χ4v) is 1.71. The molecule has 0 N–H and O–H groups in total. The maximum atomic E-state index is 11.3. The first-order valence-electron chi connectivity index (χ1n) is 5.38. The number of aryl methyl sites for hydroxylation is 1. The number of nitrogens with zero attached hydrogens (tertiary/aromatic N) is 1. The van der Waals surface area contributed by atoms with Crippen LogP contribution in [0.2, 0.25) is 0 Å². The Labute approximate surface area is 104 Å². The quantitative estimate of drug-likeness (QED) is 0.611. The normalized spacial score (nSPS) is 10.4. The summed E-state index contributed by atoms with van der Waals surface area (Å²) in [7, 11) is 3.41. The fourth-order valence-electron chi connectivity index (χ4n) is 1.71. The Balaban J connectivity index is 2.47. The predicted molar refractivity (Wildman–Crippen MR) is 65.8 cm³/mol. The van der Waals surface area contributed by atoms with Crippen LogP contribution in [0.15, 0.2) is 24.4 Å². The van der Waals surface area contributed by atoms with E-state index in [0.717, 1.165) is 10.9 Å². The zero-order valence-electron chi connectivity index (χ0n) is 10.4. The molecule has 0 bridgehead atoms. The van der Waals surface area contributed by atoms with Crippen molar-refractivity contribution in [1.82, 2.24) is 4.57 Å². The molecular weight excluding hydrogens is 234 g/mol. The molecule has 2 aromatic rings. The summed E-state index contributed by atoms with van der Waals surface area (Å²) in [5.41, 5.74) is 0.862. The van der Waals surface area contributed by atoms with Gasteiger partial charge < -0.3 is 14.0 Å². The first-order chi connectivity index (χ1) is 8.52. The fraction of sp³-hybridized carbons (Fsp3) is 0.231. The summed E-state index contributed by atoms with van der Waals surface area (Å²) in [6.07, 6.45) is 1.66. The molecule has 0 aliphatic rings. The van der Waals surface area contributed by atoms with Crippen LogP contribution in [0.1, 0.15) is 6.92 Å². The van der Waals surface area contributed by atoms with Crippen LogP contribution in [0.4, 0.5) is 0 Å². The second-order valence-electron chi connectivity index (χ2n) is 3.93. The van der Waals surface area contributed by atoms with Gasteiger partial charge in [-0.25, -0.2) is 4.79 Å². The molecule has 0 unspecified atom stereocenters. The molecule has 0 saturated heterocycles. The van der Waals surface area contributed by atoms with Crippen molar-refractivity contribution in [2.75, 3.05) is 7.11 Å². The second-order valence-corrected chi connectivity index (χ2v) is 3.93. The van der Waals surface area contributed by atoms with Gasteiger partial charge in [0.1, 0.15) is 5.75 Å². The minimum atomic E-state index is -0.863. The largest absolute Gasteiger partial charge is 0.497 e. The highest BCUT2D eigenvalue weighted by Gasteiger charge is 2.15. The van der Waals surface area contributed by atoms with Gasteiger partial charge in [-0.2, -0.15) is 0 Å². The Morgan fingerprint density at radius 2 is 2.00 bits per heavy atom. The summed E-state index contributed by atoms with van der Waals surface area (Å²) < 4.78 is 12.0. The summed E-state index contributed by atoms with van der Waals surface area (Å²) in [6.45, 7) is 1.18. The van der Waals surface area contributed by atoms with Gasteiger partial charge in [-0.05, 0) is 12.1 Å². The molecule has 5 heteroatoms. The molecule has 2 rings (SSSR count). The van der Waals surface area contributed by atoms with Crippen molar-refractivity contribution in [3.8, 4) is 11.5 Å². The number of ketones is 1. The van der Waals surface area contributed by atoms with Gasteiger partial charge >= 0.3 is 5.97 Å². The molecule has 18 heavy (non-hydrogen) atoms. The zero-order valence-corrected chi connectivity index (χ0v) is 10.4. The van der Waals surface area contributed by atoms with Crippen molar-refractivity contribution in [3.63, 3.8) is 0 Å². The van der Waals surface area contributed by atoms with Gasteiger partial charge in [0, 0.05) is 31.6 Å². The van der Waals surface area contributed by atoms with Crippen LogP contribution in [0.3, 0.4) is 0 Å². The number of aromatic nitrogens is 1. The monoisotopic (exact) mass is 247 g/mol. The number of fused-ring (bicyclic) bond motifs is 1. The Hall–Kier alpha value is -2.30. The van der Waals surface area contributed by atoms with Gasteiger partial charge in [-0.15, -0.1) is 0 Å². The molecule has 1 heterocycles. The number of rotatable bonds is 3. The molecule has 0 fully saturated rings. The van der Waals surface area contributed by atoms with Crippen LogP contribution >= 0.6 is 0 Å². The lowest BCUT2D eigenvalue weighted by Gasteiger charge is -2.01. The van der Waals surface area contributed by atoms with Gasteiger partial charge in [0.2, 0.25) is 5.78 Å². The van der Waals surface area contributed by atoms with E-state index >= 15 is 0 Å². The Morgan fingerprint density at radius 3 is 2.61 bits per heavy atom. The van der Waals surface area contributed by atoms with Gasteiger partial charge in [0.15, 0.2) is 5.75 Å².